The van der Waals surface area contributed by atoms with Crippen LogP contribution in [0.2, 0.25) is 0 Å². The lowest BCUT2D eigenvalue weighted by Gasteiger charge is -2.26. The van der Waals surface area contributed by atoms with Gasteiger partial charge in [-0.25, -0.2) is 4.68 Å². The minimum absolute atomic E-state index is 0.241. The molecule has 0 unspecified atom stereocenters. The summed E-state index contributed by atoms with van der Waals surface area (Å²) >= 11 is 1.80. The van der Waals surface area contributed by atoms with Crippen molar-refractivity contribution < 1.29 is 9.64 Å². The van der Waals surface area contributed by atoms with E-state index >= 15 is 0 Å². The van der Waals surface area contributed by atoms with E-state index in [1.807, 2.05) is 4.68 Å². The van der Waals surface area contributed by atoms with Gasteiger partial charge in [-0.2, -0.15) is 0 Å². The van der Waals surface area contributed by atoms with Crippen LogP contribution >= 0.6 is 11.3 Å². The number of thiophene rings is 1. The zero-order valence-electron chi connectivity index (χ0n) is 13.1. The summed E-state index contributed by atoms with van der Waals surface area (Å²) in [5.74, 6) is 0.969. The number of nitrogens with one attached hydrogen (secondary N) is 1. The molecule has 1 aliphatic heterocycles. The number of ether oxygens (including phenoxy) is 1. The average Bonchev–Trinajstić information content (AvgIpc) is 3.14. The molecule has 22 heavy (non-hydrogen) atoms. The van der Waals surface area contributed by atoms with Crippen LogP contribution in [0, 0.1) is 0 Å². The first-order valence-electron chi connectivity index (χ1n) is 8.03. The highest BCUT2D eigenvalue weighted by Gasteiger charge is 2.32. The molecule has 0 aromatic carbocycles. The maximum absolute atomic E-state index is 5.19. The molecular formula is C15H24N5OS+. The Morgan fingerprint density at radius 1 is 1.32 bits per heavy atom. The molecule has 1 N–H and O–H groups in total. The lowest BCUT2D eigenvalue weighted by atomic mass is 10.1. The summed E-state index contributed by atoms with van der Waals surface area (Å²) in [5.41, 5.74) is 0. The van der Waals surface area contributed by atoms with Crippen molar-refractivity contribution in [3.05, 3.63) is 28.2 Å². The molecule has 1 saturated heterocycles. The van der Waals surface area contributed by atoms with Crippen LogP contribution < -0.4 is 4.90 Å². The van der Waals surface area contributed by atoms with Gasteiger partial charge in [0.05, 0.1) is 31.1 Å². The molecule has 2 aromatic heterocycles. The van der Waals surface area contributed by atoms with E-state index in [4.69, 9.17) is 4.74 Å². The van der Waals surface area contributed by atoms with Gasteiger partial charge in [-0.05, 0) is 47.6 Å². The summed E-state index contributed by atoms with van der Waals surface area (Å²) in [6.07, 6.45) is 5.26. The van der Waals surface area contributed by atoms with Gasteiger partial charge in [0.25, 0.3) is 0 Å². The van der Waals surface area contributed by atoms with Crippen LogP contribution in [0.5, 0.6) is 0 Å². The van der Waals surface area contributed by atoms with Crippen LogP contribution in [0.15, 0.2) is 17.5 Å². The predicted molar refractivity (Wildman–Crippen MR) is 85.0 cm³/mol. The highest BCUT2D eigenvalue weighted by molar-refractivity contribution is 7.10. The molecule has 1 fully saturated rings. The quantitative estimate of drug-likeness (QED) is 0.859. The minimum atomic E-state index is 0.241. The topological polar surface area (TPSA) is 57.3 Å². The Kier molecular flexibility index (Phi) is 5.53. The maximum atomic E-state index is 5.19. The average molecular weight is 322 g/mol. The number of quaternary nitrogens is 1. The fourth-order valence-electron chi connectivity index (χ4n) is 3.19. The first-order chi connectivity index (χ1) is 10.9. The number of methoxy groups -OCH3 is 1. The van der Waals surface area contributed by atoms with Crippen LogP contribution in [0.25, 0.3) is 0 Å². The van der Waals surface area contributed by atoms with Gasteiger partial charge in [-0.15, -0.1) is 16.4 Å². The van der Waals surface area contributed by atoms with E-state index in [0.29, 0.717) is 13.2 Å². The van der Waals surface area contributed by atoms with E-state index in [0.717, 1.165) is 5.82 Å². The van der Waals surface area contributed by atoms with E-state index in [1.165, 1.54) is 43.6 Å². The monoisotopic (exact) mass is 322 g/mol. The lowest BCUT2D eigenvalue weighted by molar-refractivity contribution is -0.925. The van der Waals surface area contributed by atoms with E-state index in [2.05, 4.69) is 33.0 Å². The molecular weight excluding hydrogens is 298 g/mol. The summed E-state index contributed by atoms with van der Waals surface area (Å²) in [5, 5.41) is 14.6. The number of aromatic nitrogens is 4. The Morgan fingerprint density at radius 3 is 2.82 bits per heavy atom. The third kappa shape index (κ3) is 3.53. The molecule has 3 rings (SSSR count). The summed E-state index contributed by atoms with van der Waals surface area (Å²) in [6, 6.07) is 4.57. The van der Waals surface area contributed by atoms with Crippen molar-refractivity contribution in [1.29, 1.82) is 0 Å². The summed E-state index contributed by atoms with van der Waals surface area (Å²) in [4.78, 5) is 2.94. The van der Waals surface area contributed by atoms with Gasteiger partial charge in [0.15, 0.2) is 6.04 Å². The highest BCUT2D eigenvalue weighted by Crippen LogP contribution is 2.22. The van der Waals surface area contributed by atoms with Crippen molar-refractivity contribution in [3.8, 4) is 0 Å². The van der Waals surface area contributed by atoms with E-state index in [1.54, 1.807) is 23.3 Å². The van der Waals surface area contributed by atoms with E-state index in [9.17, 15) is 0 Å². The van der Waals surface area contributed by atoms with E-state index in [-0.39, 0.29) is 6.04 Å². The van der Waals surface area contributed by atoms with E-state index < -0.39 is 0 Å². The molecule has 120 valence electrons. The number of likely N-dealkylation sites (tertiary alicyclic amines) is 1. The highest BCUT2D eigenvalue weighted by atomic mass is 32.1. The van der Waals surface area contributed by atoms with Crippen LogP contribution in [-0.2, 0) is 11.3 Å². The fraction of sp³-hybridized carbons (Fsp3) is 0.667. The van der Waals surface area contributed by atoms with Crippen molar-refractivity contribution in [3.63, 3.8) is 0 Å². The Morgan fingerprint density at radius 2 is 2.14 bits per heavy atom. The molecule has 0 spiro atoms. The first-order valence-corrected chi connectivity index (χ1v) is 8.91. The smallest absolute Gasteiger partial charge is 0.215 e. The van der Waals surface area contributed by atoms with Crippen molar-refractivity contribution in [2.24, 2.45) is 0 Å². The zero-order valence-corrected chi connectivity index (χ0v) is 13.9. The summed E-state index contributed by atoms with van der Waals surface area (Å²) < 4.78 is 7.09. The van der Waals surface area contributed by atoms with Crippen molar-refractivity contribution in [1.82, 2.24) is 20.2 Å². The fourth-order valence-corrected chi connectivity index (χ4v) is 4.07. The van der Waals surface area contributed by atoms with Gasteiger partial charge in [-0.3, -0.25) is 0 Å². The number of tetrazole rings is 1. The molecule has 0 bridgehead atoms. The molecule has 1 aliphatic rings. The molecule has 0 amide bonds. The Balaban J connectivity index is 1.90. The van der Waals surface area contributed by atoms with Crippen molar-refractivity contribution in [2.45, 2.75) is 38.3 Å². The standard InChI is InChI=1S/C15H23N5OS/c1-21-11-10-20-15(16-17-18-20)14(13-7-6-12-22-13)19-8-4-2-3-5-9-19/h6-7,12,14H,2-5,8-11H2,1H3/p+1/t14-/m0/s1. The normalized spacial score (nSPS) is 18.2. The Bertz CT molecular complexity index is 548. The molecule has 3 heterocycles. The van der Waals surface area contributed by atoms with Crippen LogP contribution in [-0.4, -0.2) is 47.0 Å². The van der Waals surface area contributed by atoms with Crippen LogP contribution in [0.3, 0.4) is 0 Å². The second-order valence-corrected chi connectivity index (χ2v) is 6.75. The predicted octanol–water partition coefficient (Wildman–Crippen LogP) is 0.929. The molecule has 0 saturated carbocycles. The van der Waals surface area contributed by atoms with Gasteiger partial charge in [0.2, 0.25) is 5.82 Å². The SMILES string of the molecule is COCCn1nnnc1[C@H](c1cccs1)[NH+]1CCCCCC1. The second kappa shape index (κ2) is 7.80. The second-order valence-electron chi connectivity index (χ2n) is 5.77. The number of hydrogen-bond donors (Lipinski definition) is 1. The van der Waals surface area contributed by atoms with Gasteiger partial charge >= 0.3 is 0 Å². The molecule has 6 nitrogen and oxygen atoms in total. The molecule has 0 radical (unpaired) electrons. The first kappa shape index (κ1) is 15.6. The molecule has 1 atom stereocenters. The number of hydrogen-bond acceptors (Lipinski definition) is 5. The molecule has 2 aromatic rings. The van der Waals surface area contributed by atoms with Crippen molar-refractivity contribution in [2.75, 3.05) is 26.8 Å². The zero-order chi connectivity index (χ0) is 15.2. The van der Waals surface area contributed by atoms with Crippen molar-refractivity contribution >= 4 is 11.3 Å². The summed E-state index contributed by atoms with van der Waals surface area (Å²) in [7, 11) is 1.71. The van der Waals surface area contributed by atoms with Gasteiger partial charge in [-0.1, -0.05) is 6.07 Å². The third-order valence-corrected chi connectivity index (χ3v) is 5.24. The third-order valence-electron chi connectivity index (χ3n) is 4.31. The van der Waals surface area contributed by atoms with Crippen LogP contribution in [0.1, 0.15) is 42.4 Å². The minimum Gasteiger partial charge on any atom is -0.383 e. The van der Waals surface area contributed by atoms with Gasteiger partial charge < -0.3 is 9.64 Å². The van der Waals surface area contributed by atoms with Crippen LogP contribution in [0.4, 0.5) is 0 Å². The Hall–Kier alpha value is -1.31. The number of nitrogens with zero attached hydrogens (tertiary/aromatic N) is 4. The molecule has 7 heteroatoms. The number of rotatable bonds is 6. The maximum Gasteiger partial charge on any atom is 0.215 e. The molecule has 0 aliphatic carbocycles. The van der Waals surface area contributed by atoms with Gasteiger partial charge in [0.1, 0.15) is 0 Å². The largest absolute Gasteiger partial charge is 0.383 e. The Labute approximate surface area is 135 Å². The lowest BCUT2D eigenvalue weighted by Crippen LogP contribution is -3.12. The summed E-state index contributed by atoms with van der Waals surface area (Å²) in [6.45, 7) is 3.72. The van der Waals surface area contributed by atoms with Gasteiger partial charge in [0, 0.05) is 7.11 Å².